The number of carbonyl (C=O) groups is 1. The van der Waals surface area contributed by atoms with Crippen molar-refractivity contribution in [3.05, 3.63) is 66.0 Å². The Bertz CT molecular complexity index is 1070. The molecule has 1 heterocycles. The van der Waals surface area contributed by atoms with Crippen molar-refractivity contribution < 1.29 is 31.8 Å². The third kappa shape index (κ3) is 6.79. The van der Waals surface area contributed by atoms with Gasteiger partial charge in [-0.2, -0.15) is 13.2 Å². The summed E-state index contributed by atoms with van der Waals surface area (Å²) in [5.74, 6) is -0.428. The lowest BCUT2D eigenvalue weighted by atomic mass is 10.1. The van der Waals surface area contributed by atoms with Crippen LogP contribution in [0.3, 0.4) is 0 Å². The predicted molar refractivity (Wildman–Crippen MR) is 113 cm³/mol. The molecule has 2 amide bonds. The second kappa shape index (κ2) is 10.6. The number of nitrogens with zero attached hydrogens (tertiary/aromatic N) is 2. The van der Waals surface area contributed by atoms with Gasteiger partial charge in [-0.1, -0.05) is 0 Å². The van der Waals surface area contributed by atoms with Crippen LogP contribution in [0.1, 0.15) is 12.5 Å². The Morgan fingerprint density at radius 3 is 2.39 bits per heavy atom. The Morgan fingerprint density at radius 1 is 1.00 bits per heavy atom. The standard InChI is InChI=1S/C22H20F4N4O3/c1-2-32-16-6-3-14(4-7-16)19-9-10-20(30-29-19)33-12-11-27-21(31)28-15-5-8-18(23)17(13-15)22(24,25)26/h3-10,13H,2,11-12H2,1H3,(H2,27,28,31). The zero-order valence-electron chi connectivity index (χ0n) is 17.4. The molecule has 0 aliphatic heterocycles. The van der Waals surface area contributed by atoms with E-state index in [0.29, 0.717) is 24.4 Å². The zero-order valence-corrected chi connectivity index (χ0v) is 17.4. The fourth-order valence-corrected chi connectivity index (χ4v) is 2.76. The van der Waals surface area contributed by atoms with E-state index in [1.165, 1.54) is 0 Å². The molecule has 3 rings (SSSR count). The quantitative estimate of drug-likeness (QED) is 0.366. The minimum atomic E-state index is -4.87. The van der Waals surface area contributed by atoms with E-state index < -0.39 is 23.6 Å². The minimum absolute atomic E-state index is 0.0431. The molecular weight excluding hydrogens is 444 g/mol. The molecule has 11 heteroatoms. The van der Waals surface area contributed by atoms with Crippen molar-refractivity contribution in [2.45, 2.75) is 13.1 Å². The number of benzene rings is 2. The van der Waals surface area contributed by atoms with Gasteiger partial charge in [-0.25, -0.2) is 9.18 Å². The van der Waals surface area contributed by atoms with E-state index in [9.17, 15) is 22.4 Å². The van der Waals surface area contributed by atoms with Gasteiger partial charge >= 0.3 is 12.2 Å². The molecule has 7 nitrogen and oxygen atoms in total. The van der Waals surface area contributed by atoms with Crippen molar-refractivity contribution in [1.82, 2.24) is 15.5 Å². The highest BCUT2D eigenvalue weighted by Crippen LogP contribution is 2.33. The number of ether oxygens (including phenoxy) is 2. The van der Waals surface area contributed by atoms with Crippen LogP contribution in [0.4, 0.5) is 28.0 Å². The van der Waals surface area contributed by atoms with Gasteiger partial charge in [-0.3, -0.25) is 0 Å². The molecule has 0 atom stereocenters. The fourth-order valence-electron chi connectivity index (χ4n) is 2.76. The molecule has 0 saturated heterocycles. The molecule has 33 heavy (non-hydrogen) atoms. The number of hydrogen-bond donors (Lipinski definition) is 2. The Morgan fingerprint density at radius 2 is 1.76 bits per heavy atom. The van der Waals surface area contributed by atoms with Crippen LogP contribution in [-0.2, 0) is 6.18 Å². The van der Waals surface area contributed by atoms with Gasteiger partial charge in [0, 0.05) is 17.3 Å². The zero-order chi connectivity index (χ0) is 23.8. The molecule has 0 radical (unpaired) electrons. The Balaban J connectivity index is 1.45. The first-order chi connectivity index (χ1) is 15.8. The number of halogens is 4. The predicted octanol–water partition coefficient (Wildman–Crippen LogP) is 4.90. The summed E-state index contributed by atoms with van der Waals surface area (Å²) in [7, 11) is 0. The second-order valence-electron chi connectivity index (χ2n) is 6.64. The van der Waals surface area contributed by atoms with E-state index in [4.69, 9.17) is 9.47 Å². The van der Waals surface area contributed by atoms with E-state index in [1.807, 2.05) is 31.2 Å². The number of urea groups is 1. The molecular formula is C22H20F4N4O3. The van der Waals surface area contributed by atoms with Gasteiger partial charge in [-0.05, 0) is 55.5 Å². The summed E-state index contributed by atoms with van der Waals surface area (Å²) in [5.41, 5.74) is -0.167. The van der Waals surface area contributed by atoms with E-state index in [-0.39, 0.29) is 24.7 Å². The lowest BCUT2D eigenvalue weighted by Gasteiger charge is -2.12. The van der Waals surface area contributed by atoms with Gasteiger partial charge in [0.1, 0.15) is 18.2 Å². The molecule has 2 N–H and O–H groups in total. The number of nitrogens with one attached hydrogen (secondary N) is 2. The number of anilines is 1. The smallest absolute Gasteiger partial charge is 0.419 e. The highest BCUT2D eigenvalue weighted by molar-refractivity contribution is 5.89. The van der Waals surface area contributed by atoms with Crippen LogP contribution in [0, 0.1) is 5.82 Å². The highest BCUT2D eigenvalue weighted by atomic mass is 19.4. The summed E-state index contributed by atoms with van der Waals surface area (Å²) in [4.78, 5) is 11.8. The van der Waals surface area contributed by atoms with Crippen LogP contribution in [0.25, 0.3) is 11.3 Å². The number of amides is 2. The van der Waals surface area contributed by atoms with E-state index in [1.54, 1.807) is 12.1 Å². The summed E-state index contributed by atoms with van der Waals surface area (Å²) in [6, 6.07) is 12.1. The maximum atomic E-state index is 13.3. The van der Waals surface area contributed by atoms with Gasteiger partial charge in [-0.15, -0.1) is 10.2 Å². The molecule has 0 aliphatic carbocycles. The monoisotopic (exact) mass is 464 g/mol. The summed E-state index contributed by atoms with van der Waals surface area (Å²) in [5, 5.41) is 12.7. The average molecular weight is 464 g/mol. The van der Waals surface area contributed by atoms with E-state index in [2.05, 4.69) is 20.8 Å². The van der Waals surface area contributed by atoms with Crippen molar-refractivity contribution in [3.8, 4) is 22.9 Å². The molecule has 0 spiro atoms. The summed E-state index contributed by atoms with van der Waals surface area (Å²) in [6.45, 7) is 2.56. The third-order valence-corrected chi connectivity index (χ3v) is 4.27. The van der Waals surface area contributed by atoms with E-state index in [0.717, 1.165) is 17.4 Å². The number of hydrogen-bond acceptors (Lipinski definition) is 5. The number of aromatic nitrogens is 2. The maximum absolute atomic E-state index is 13.3. The van der Waals surface area contributed by atoms with Crippen molar-refractivity contribution >= 4 is 11.7 Å². The Labute approximate surface area is 186 Å². The SMILES string of the molecule is CCOc1ccc(-c2ccc(OCCNC(=O)Nc3ccc(F)c(C(F)(F)F)c3)nn2)cc1. The topological polar surface area (TPSA) is 85.4 Å². The Kier molecular flexibility index (Phi) is 7.65. The number of carbonyl (C=O) groups excluding carboxylic acids is 1. The van der Waals surface area contributed by atoms with Crippen molar-refractivity contribution in [2.75, 3.05) is 25.1 Å². The van der Waals surface area contributed by atoms with Gasteiger partial charge < -0.3 is 20.1 Å². The molecule has 174 valence electrons. The molecule has 1 aromatic heterocycles. The first kappa shape index (κ1) is 23.8. The summed E-state index contributed by atoms with van der Waals surface area (Å²) >= 11 is 0. The van der Waals surface area contributed by atoms with Gasteiger partial charge in [0.05, 0.1) is 24.4 Å². The molecule has 0 aliphatic rings. The van der Waals surface area contributed by atoms with Crippen LogP contribution in [0.5, 0.6) is 11.6 Å². The first-order valence-corrected chi connectivity index (χ1v) is 9.87. The average Bonchev–Trinajstić information content (AvgIpc) is 2.78. The van der Waals surface area contributed by atoms with E-state index >= 15 is 0 Å². The molecule has 3 aromatic rings. The fraction of sp³-hybridized carbons (Fsp3) is 0.227. The second-order valence-corrected chi connectivity index (χ2v) is 6.64. The highest BCUT2D eigenvalue weighted by Gasteiger charge is 2.34. The van der Waals surface area contributed by atoms with Crippen molar-refractivity contribution in [1.29, 1.82) is 0 Å². The van der Waals surface area contributed by atoms with Crippen LogP contribution in [-0.4, -0.2) is 36.0 Å². The van der Waals surface area contributed by atoms with Gasteiger partial charge in [0.25, 0.3) is 0 Å². The third-order valence-electron chi connectivity index (χ3n) is 4.27. The number of alkyl halides is 3. The summed E-state index contributed by atoms with van der Waals surface area (Å²) < 4.78 is 62.3. The summed E-state index contributed by atoms with van der Waals surface area (Å²) in [6.07, 6.45) is -4.87. The normalized spacial score (nSPS) is 11.1. The molecule has 0 bridgehead atoms. The lowest BCUT2D eigenvalue weighted by Crippen LogP contribution is -2.32. The van der Waals surface area contributed by atoms with Crippen LogP contribution >= 0.6 is 0 Å². The minimum Gasteiger partial charge on any atom is -0.494 e. The van der Waals surface area contributed by atoms with Crippen LogP contribution in [0.15, 0.2) is 54.6 Å². The van der Waals surface area contributed by atoms with Gasteiger partial charge in [0.15, 0.2) is 0 Å². The lowest BCUT2D eigenvalue weighted by molar-refractivity contribution is -0.139. The molecule has 2 aromatic carbocycles. The molecule has 0 saturated carbocycles. The van der Waals surface area contributed by atoms with Crippen LogP contribution < -0.4 is 20.1 Å². The number of rotatable bonds is 8. The van der Waals surface area contributed by atoms with Crippen molar-refractivity contribution in [2.24, 2.45) is 0 Å². The van der Waals surface area contributed by atoms with Gasteiger partial charge in [0.2, 0.25) is 5.88 Å². The maximum Gasteiger partial charge on any atom is 0.419 e. The first-order valence-electron chi connectivity index (χ1n) is 9.87. The molecule has 0 fully saturated rings. The molecule has 0 unspecified atom stereocenters. The van der Waals surface area contributed by atoms with Crippen molar-refractivity contribution in [3.63, 3.8) is 0 Å². The largest absolute Gasteiger partial charge is 0.494 e. The Hall–Kier alpha value is -3.89. The van der Waals surface area contributed by atoms with Crippen LogP contribution in [0.2, 0.25) is 0 Å².